The van der Waals surface area contributed by atoms with Crippen LogP contribution in [0.2, 0.25) is 0 Å². The lowest BCUT2D eigenvalue weighted by Crippen LogP contribution is -2.29. The van der Waals surface area contributed by atoms with Crippen LogP contribution in [-0.2, 0) is 6.42 Å². The highest BCUT2D eigenvalue weighted by Crippen LogP contribution is 2.18. The van der Waals surface area contributed by atoms with Crippen molar-refractivity contribution >= 4 is 11.6 Å². The summed E-state index contributed by atoms with van der Waals surface area (Å²) in [5.74, 6) is 0.354. The van der Waals surface area contributed by atoms with Crippen LogP contribution < -0.4 is 5.32 Å². The van der Waals surface area contributed by atoms with Gasteiger partial charge < -0.3 is 10.4 Å². The number of aromatic carboxylic acids is 1. The van der Waals surface area contributed by atoms with Crippen molar-refractivity contribution in [3.05, 3.63) is 29.7 Å². The third kappa shape index (κ3) is 2.31. The molecule has 0 bridgehead atoms. The molecule has 0 aliphatic carbocycles. The van der Waals surface area contributed by atoms with E-state index in [1.54, 1.807) is 22.6 Å². The molecule has 6 heteroatoms. The highest BCUT2D eigenvalue weighted by molar-refractivity contribution is 5.86. The SMILES string of the molecule is O=C(O)c1cccc2nnc(CC3CCNCC3)n12. The maximum Gasteiger partial charge on any atom is 0.352 e. The zero-order valence-corrected chi connectivity index (χ0v) is 10.5. The molecule has 1 fully saturated rings. The molecule has 0 aromatic carbocycles. The molecule has 1 aliphatic rings. The number of piperidine rings is 1. The molecule has 1 aliphatic heterocycles. The van der Waals surface area contributed by atoms with E-state index >= 15 is 0 Å². The summed E-state index contributed by atoms with van der Waals surface area (Å²) in [4.78, 5) is 11.3. The van der Waals surface area contributed by atoms with Crippen LogP contribution in [-0.4, -0.2) is 38.8 Å². The largest absolute Gasteiger partial charge is 0.477 e. The third-order valence-electron chi connectivity index (χ3n) is 3.64. The van der Waals surface area contributed by atoms with Crippen LogP contribution in [0.5, 0.6) is 0 Å². The number of hydrogen-bond donors (Lipinski definition) is 2. The van der Waals surface area contributed by atoms with E-state index in [9.17, 15) is 9.90 Å². The van der Waals surface area contributed by atoms with Gasteiger partial charge in [0.1, 0.15) is 11.5 Å². The van der Waals surface area contributed by atoms with Gasteiger partial charge in [0.05, 0.1) is 0 Å². The van der Waals surface area contributed by atoms with Gasteiger partial charge in [0.15, 0.2) is 5.65 Å². The average Bonchev–Trinajstić information content (AvgIpc) is 2.83. The second kappa shape index (κ2) is 4.97. The van der Waals surface area contributed by atoms with Gasteiger partial charge in [-0.15, -0.1) is 10.2 Å². The molecule has 3 heterocycles. The van der Waals surface area contributed by atoms with Crippen molar-refractivity contribution in [2.45, 2.75) is 19.3 Å². The molecule has 0 saturated carbocycles. The maximum atomic E-state index is 11.3. The first kappa shape index (κ1) is 12.1. The van der Waals surface area contributed by atoms with Crippen LogP contribution in [0.15, 0.2) is 18.2 Å². The summed E-state index contributed by atoms with van der Waals surface area (Å²) >= 11 is 0. The first-order valence-corrected chi connectivity index (χ1v) is 6.53. The second-order valence-electron chi connectivity index (χ2n) is 4.92. The van der Waals surface area contributed by atoms with E-state index in [2.05, 4.69) is 15.5 Å². The van der Waals surface area contributed by atoms with Crippen LogP contribution >= 0.6 is 0 Å². The Kier molecular flexibility index (Phi) is 3.16. The van der Waals surface area contributed by atoms with Gasteiger partial charge in [-0.05, 0) is 44.0 Å². The predicted octanol–water partition coefficient (Wildman–Crippen LogP) is 0.970. The molecule has 1 saturated heterocycles. The molecule has 0 spiro atoms. The van der Waals surface area contributed by atoms with Crippen LogP contribution in [0.4, 0.5) is 0 Å². The lowest BCUT2D eigenvalue weighted by molar-refractivity contribution is 0.0688. The number of nitrogens with zero attached hydrogens (tertiary/aromatic N) is 3. The van der Waals surface area contributed by atoms with Gasteiger partial charge in [-0.25, -0.2) is 4.79 Å². The van der Waals surface area contributed by atoms with Crippen molar-refractivity contribution < 1.29 is 9.90 Å². The van der Waals surface area contributed by atoms with Gasteiger partial charge in [0.25, 0.3) is 0 Å². The highest BCUT2D eigenvalue weighted by Gasteiger charge is 2.19. The first-order valence-electron chi connectivity index (χ1n) is 6.53. The highest BCUT2D eigenvalue weighted by atomic mass is 16.4. The number of nitrogens with one attached hydrogen (secondary N) is 1. The zero-order valence-electron chi connectivity index (χ0n) is 10.5. The van der Waals surface area contributed by atoms with Gasteiger partial charge in [-0.1, -0.05) is 6.07 Å². The predicted molar refractivity (Wildman–Crippen MR) is 69.2 cm³/mol. The molecule has 2 aromatic heterocycles. The molecule has 0 atom stereocenters. The zero-order chi connectivity index (χ0) is 13.2. The lowest BCUT2D eigenvalue weighted by Gasteiger charge is -2.21. The van der Waals surface area contributed by atoms with Gasteiger partial charge in [-0.2, -0.15) is 0 Å². The van der Waals surface area contributed by atoms with Crippen molar-refractivity contribution in [3.63, 3.8) is 0 Å². The van der Waals surface area contributed by atoms with Crippen molar-refractivity contribution in [2.75, 3.05) is 13.1 Å². The monoisotopic (exact) mass is 260 g/mol. The molecule has 2 N–H and O–H groups in total. The van der Waals surface area contributed by atoms with E-state index in [1.165, 1.54) is 0 Å². The number of carboxylic acid groups (broad SMARTS) is 1. The van der Waals surface area contributed by atoms with E-state index in [4.69, 9.17) is 0 Å². The Balaban J connectivity index is 1.96. The van der Waals surface area contributed by atoms with Crippen molar-refractivity contribution in [2.24, 2.45) is 5.92 Å². The number of carbonyl (C=O) groups is 1. The van der Waals surface area contributed by atoms with Crippen LogP contribution in [0.25, 0.3) is 5.65 Å². The maximum absolute atomic E-state index is 11.3. The average molecular weight is 260 g/mol. The van der Waals surface area contributed by atoms with Crippen LogP contribution in [0.1, 0.15) is 29.2 Å². The van der Waals surface area contributed by atoms with E-state index < -0.39 is 5.97 Å². The van der Waals surface area contributed by atoms with Crippen LogP contribution in [0.3, 0.4) is 0 Å². The molecule has 6 nitrogen and oxygen atoms in total. The number of fused-ring (bicyclic) bond motifs is 1. The normalized spacial score (nSPS) is 16.8. The summed E-state index contributed by atoms with van der Waals surface area (Å²) in [6, 6.07) is 5.07. The van der Waals surface area contributed by atoms with Crippen molar-refractivity contribution in [1.82, 2.24) is 19.9 Å². The molecule has 3 rings (SSSR count). The Bertz CT molecular complexity index is 602. The Hall–Kier alpha value is -1.95. The Morgan fingerprint density at radius 3 is 2.89 bits per heavy atom. The summed E-state index contributed by atoms with van der Waals surface area (Å²) in [5.41, 5.74) is 0.829. The smallest absolute Gasteiger partial charge is 0.352 e. The molecule has 2 aromatic rings. The number of rotatable bonds is 3. The first-order chi connectivity index (χ1) is 9.25. The van der Waals surface area contributed by atoms with Gasteiger partial charge in [0, 0.05) is 6.42 Å². The molecular formula is C13H16N4O2. The topological polar surface area (TPSA) is 79.5 Å². The fraction of sp³-hybridized carbons (Fsp3) is 0.462. The van der Waals surface area contributed by atoms with Crippen molar-refractivity contribution in [3.8, 4) is 0 Å². The Morgan fingerprint density at radius 1 is 1.37 bits per heavy atom. The van der Waals surface area contributed by atoms with E-state index in [1.807, 2.05) is 0 Å². The number of pyridine rings is 1. The molecule has 0 unspecified atom stereocenters. The summed E-state index contributed by atoms with van der Waals surface area (Å²) < 4.78 is 1.66. The van der Waals surface area contributed by atoms with Gasteiger partial charge >= 0.3 is 5.97 Å². The fourth-order valence-corrected chi connectivity index (χ4v) is 2.64. The summed E-state index contributed by atoms with van der Waals surface area (Å²) in [6.45, 7) is 2.04. The number of aromatic nitrogens is 3. The number of carboxylic acids is 1. The fourth-order valence-electron chi connectivity index (χ4n) is 2.64. The summed E-state index contributed by atoms with van der Waals surface area (Å²) in [6.07, 6.45) is 2.99. The summed E-state index contributed by atoms with van der Waals surface area (Å²) in [5, 5.41) is 20.8. The Morgan fingerprint density at radius 2 is 2.16 bits per heavy atom. The molecule has 0 amide bonds. The quantitative estimate of drug-likeness (QED) is 0.859. The van der Waals surface area contributed by atoms with Crippen molar-refractivity contribution in [1.29, 1.82) is 0 Å². The molecule has 19 heavy (non-hydrogen) atoms. The summed E-state index contributed by atoms with van der Waals surface area (Å²) in [7, 11) is 0. The van der Waals surface area contributed by atoms with Gasteiger partial charge in [0.2, 0.25) is 0 Å². The third-order valence-corrected chi connectivity index (χ3v) is 3.64. The second-order valence-corrected chi connectivity index (χ2v) is 4.92. The van der Waals surface area contributed by atoms with Crippen LogP contribution in [0, 0.1) is 5.92 Å². The minimum atomic E-state index is -0.947. The van der Waals surface area contributed by atoms with Gasteiger partial charge in [-0.3, -0.25) is 4.40 Å². The minimum absolute atomic E-state index is 0.228. The van der Waals surface area contributed by atoms with E-state index in [0.29, 0.717) is 11.6 Å². The van der Waals surface area contributed by atoms with E-state index in [0.717, 1.165) is 38.2 Å². The minimum Gasteiger partial charge on any atom is -0.477 e. The molecule has 100 valence electrons. The lowest BCUT2D eigenvalue weighted by atomic mass is 9.94. The number of hydrogen-bond acceptors (Lipinski definition) is 4. The molecular weight excluding hydrogens is 244 g/mol. The Labute approximate surface area is 110 Å². The molecule has 0 radical (unpaired) electrons. The van der Waals surface area contributed by atoms with E-state index in [-0.39, 0.29) is 5.69 Å². The standard InChI is InChI=1S/C13H16N4O2/c18-13(19)10-2-1-3-11-15-16-12(17(10)11)8-9-4-6-14-7-5-9/h1-3,9,14H,4-8H2,(H,18,19).